The second-order valence-electron chi connectivity index (χ2n) is 15.1. The highest BCUT2D eigenvalue weighted by molar-refractivity contribution is 5.99. The van der Waals surface area contributed by atoms with Gasteiger partial charge in [0, 0.05) is 24.6 Å². The first-order chi connectivity index (χ1) is 24.2. The average molecular weight is 702 g/mol. The normalized spacial score (nSPS) is 24.9. The van der Waals surface area contributed by atoms with E-state index in [1.54, 1.807) is 32.8 Å². The summed E-state index contributed by atoms with van der Waals surface area (Å²) in [7, 11) is 1.59. The lowest BCUT2D eigenvalue weighted by atomic mass is 9.85. The number of amides is 5. The molecular weight excluding hydrogens is 654 g/mol. The van der Waals surface area contributed by atoms with E-state index in [9.17, 15) is 29.1 Å². The van der Waals surface area contributed by atoms with Crippen molar-refractivity contribution >= 4 is 35.6 Å². The van der Waals surface area contributed by atoms with Crippen LogP contribution in [-0.2, 0) is 25.7 Å². The molecule has 0 spiro atoms. The van der Waals surface area contributed by atoms with Crippen LogP contribution < -0.4 is 20.7 Å². The maximum absolute atomic E-state index is 14.5. The highest BCUT2D eigenvalue weighted by atomic mass is 16.6. The minimum atomic E-state index is -1.52. The van der Waals surface area contributed by atoms with E-state index in [1.165, 1.54) is 11.0 Å². The number of alkyl carbamates (subject to hydrolysis) is 1. The van der Waals surface area contributed by atoms with Crippen molar-refractivity contribution in [1.82, 2.24) is 20.4 Å². The number of likely N-dealkylation sites (tertiary alicyclic amines) is 1. The second kappa shape index (κ2) is 13.9. The summed E-state index contributed by atoms with van der Waals surface area (Å²) >= 11 is 0. The smallest absolute Gasteiger partial charge is 0.408 e. The number of nitrogens with zero attached hydrogens (tertiary/aromatic N) is 2. The van der Waals surface area contributed by atoms with Gasteiger partial charge in [-0.2, -0.15) is 0 Å². The van der Waals surface area contributed by atoms with Crippen molar-refractivity contribution in [1.29, 1.82) is 0 Å². The Balaban J connectivity index is 1.28. The predicted octanol–water partition coefficient (Wildman–Crippen LogP) is 4.91. The van der Waals surface area contributed by atoms with Gasteiger partial charge < -0.3 is 40.3 Å². The lowest BCUT2D eigenvalue weighted by Crippen LogP contribution is -2.59. The van der Waals surface area contributed by atoms with Crippen LogP contribution in [0.15, 0.2) is 55.1 Å². The summed E-state index contributed by atoms with van der Waals surface area (Å²) < 4.78 is 11.0. The first-order valence-electron chi connectivity index (χ1n) is 17.5. The first-order valence-corrected chi connectivity index (χ1v) is 17.5. The van der Waals surface area contributed by atoms with Crippen molar-refractivity contribution in [3.63, 3.8) is 0 Å². The topological polar surface area (TPSA) is 167 Å². The summed E-state index contributed by atoms with van der Waals surface area (Å²) in [4.78, 5) is 70.7. The quantitative estimate of drug-likeness (QED) is 0.254. The molecule has 3 fully saturated rings. The summed E-state index contributed by atoms with van der Waals surface area (Å²) in [6.45, 7) is 9.34. The van der Waals surface area contributed by atoms with Crippen molar-refractivity contribution in [3.8, 4) is 16.9 Å². The number of rotatable bonds is 10. The van der Waals surface area contributed by atoms with E-state index in [0.29, 0.717) is 11.4 Å². The average Bonchev–Trinajstić information content (AvgIpc) is 3.37. The number of carbonyl (C=O) groups excluding carboxylic acids is 4. The SMILES string of the molecule is C=C[C@@H]1CC1(NC(=O)[C@@H]1C[C@@H](N2Cc3cccc(-c4cccc(OC)c4)c3NC2=O)CN1C(=O)[C@H](NC(=O)OC1CCCC1)C(C)(C)C)C(=O)O. The molecule has 5 atom stereocenters. The molecule has 0 bridgehead atoms. The van der Waals surface area contributed by atoms with E-state index in [2.05, 4.69) is 22.5 Å². The number of urea groups is 1. The number of hydrogen-bond donors (Lipinski definition) is 4. The Morgan fingerprint density at radius 2 is 1.84 bits per heavy atom. The molecule has 2 aromatic rings. The van der Waals surface area contributed by atoms with Gasteiger partial charge in [-0.15, -0.1) is 6.58 Å². The van der Waals surface area contributed by atoms with Crippen LogP contribution in [-0.4, -0.2) is 88.2 Å². The molecule has 272 valence electrons. The monoisotopic (exact) mass is 701 g/mol. The summed E-state index contributed by atoms with van der Waals surface area (Å²) in [5.41, 5.74) is 0.903. The molecule has 2 aliphatic carbocycles. The van der Waals surface area contributed by atoms with Crippen molar-refractivity contribution in [2.24, 2.45) is 11.3 Å². The van der Waals surface area contributed by atoms with Gasteiger partial charge in [0.2, 0.25) is 11.8 Å². The second-order valence-corrected chi connectivity index (χ2v) is 15.1. The Hall–Kier alpha value is -5.07. The summed E-state index contributed by atoms with van der Waals surface area (Å²) in [5, 5.41) is 18.5. The van der Waals surface area contributed by atoms with Crippen LogP contribution >= 0.6 is 0 Å². The third kappa shape index (κ3) is 7.11. The van der Waals surface area contributed by atoms with Crippen LogP contribution in [0, 0.1) is 11.3 Å². The number of carboxylic acids is 1. The number of aliphatic carboxylic acids is 1. The summed E-state index contributed by atoms with van der Waals surface area (Å²) in [6, 6.07) is 10.1. The Labute approximate surface area is 297 Å². The Morgan fingerprint density at radius 1 is 1.12 bits per heavy atom. The Bertz CT molecular complexity index is 1730. The van der Waals surface area contributed by atoms with Gasteiger partial charge in [-0.1, -0.05) is 57.2 Å². The fourth-order valence-corrected chi connectivity index (χ4v) is 7.61. The van der Waals surface area contributed by atoms with Gasteiger partial charge in [0.25, 0.3) is 0 Å². The molecule has 13 heteroatoms. The van der Waals surface area contributed by atoms with Gasteiger partial charge in [-0.25, -0.2) is 14.4 Å². The van der Waals surface area contributed by atoms with E-state index >= 15 is 0 Å². The molecule has 2 aliphatic heterocycles. The first kappa shape index (κ1) is 35.7. The van der Waals surface area contributed by atoms with Crippen LogP contribution in [0.1, 0.15) is 64.9 Å². The van der Waals surface area contributed by atoms with E-state index in [-0.39, 0.29) is 32.0 Å². The minimum absolute atomic E-state index is 0.00780. The van der Waals surface area contributed by atoms with E-state index in [0.717, 1.165) is 42.4 Å². The third-order valence-corrected chi connectivity index (χ3v) is 10.6. The molecule has 0 radical (unpaired) electrons. The zero-order valence-corrected chi connectivity index (χ0v) is 29.6. The number of para-hydroxylation sites is 1. The molecule has 4 aliphatic rings. The highest BCUT2D eigenvalue weighted by Crippen LogP contribution is 2.45. The Kier molecular flexibility index (Phi) is 9.75. The van der Waals surface area contributed by atoms with Gasteiger partial charge in [0.1, 0.15) is 29.5 Å². The zero-order valence-electron chi connectivity index (χ0n) is 29.6. The molecule has 51 heavy (non-hydrogen) atoms. The van der Waals surface area contributed by atoms with Crippen LogP contribution in [0.3, 0.4) is 0 Å². The molecular formula is C38H47N5O8. The maximum atomic E-state index is 14.5. The van der Waals surface area contributed by atoms with Gasteiger partial charge in [-0.05, 0) is 67.2 Å². The minimum Gasteiger partial charge on any atom is -0.497 e. The number of benzene rings is 2. The number of fused-ring (bicyclic) bond motifs is 1. The summed E-state index contributed by atoms with van der Waals surface area (Å²) in [6.07, 6.45) is 4.27. The Morgan fingerprint density at radius 3 is 2.49 bits per heavy atom. The van der Waals surface area contributed by atoms with Crippen molar-refractivity contribution < 1.29 is 38.6 Å². The zero-order chi connectivity index (χ0) is 36.7. The van der Waals surface area contributed by atoms with Gasteiger partial charge >= 0.3 is 18.1 Å². The van der Waals surface area contributed by atoms with Crippen molar-refractivity contribution in [2.45, 2.75) is 95.6 Å². The van der Waals surface area contributed by atoms with Gasteiger partial charge in [0.05, 0.1) is 18.8 Å². The number of ether oxygens (including phenoxy) is 2. The number of anilines is 1. The maximum Gasteiger partial charge on any atom is 0.408 e. The molecule has 6 rings (SSSR count). The largest absolute Gasteiger partial charge is 0.497 e. The van der Waals surface area contributed by atoms with Crippen molar-refractivity contribution in [3.05, 3.63) is 60.7 Å². The van der Waals surface area contributed by atoms with Gasteiger partial charge in [-0.3, -0.25) is 9.59 Å². The number of hydrogen-bond acceptors (Lipinski definition) is 7. The standard InChI is InChI=1S/C38H47N5O8/c1-6-24-19-38(24,34(46)47)41-32(44)29-18-25(21-43(29)33(45)31(37(2,3)4)40-36(49)51-26-13-7-8-14-26)42-20-23-12-10-16-28(30(23)39-35(42)48)22-11-9-15-27(17-22)50-5/h6,9-12,15-17,24-26,29,31H,1,7-8,13-14,18-21H2,2-5H3,(H,39,48)(H,40,49)(H,41,44)(H,46,47)/t24-,25-,29+,31+,38?/m1/s1. The van der Waals surface area contributed by atoms with E-state index in [4.69, 9.17) is 9.47 Å². The van der Waals surface area contributed by atoms with Crippen LogP contribution in [0.25, 0.3) is 11.1 Å². The van der Waals surface area contributed by atoms with Crippen LogP contribution in [0.5, 0.6) is 5.75 Å². The predicted molar refractivity (Wildman–Crippen MR) is 189 cm³/mol. The molecule has 0 aromatic heterocycles. The number of methoxy groups -OCH3 is 1. The van der Waals surface area contributed by atoms with E-state index < -0.39 is 64.9 Å². The molecule has 5 amide bonds. The number of carboxylic acid groups (broad SMARTS) is 1. The molecule has 1 unspecified atom stereocenters. The number of carbonyl (C=O) groups is 5. The highest BCUT2D eigenvalue weighted by Gasteiger charge is 2.61. The fraction of sp³-hybridized carbons (Fsp3) is 0.500. The fourth-order valence-electron chi connectivity index (χ4n) is 7.61. The number of nitrogens with one attached hydrogen (secondary N) is 3. The lowest BCUT2D eigenvalue weighted by Gasteiger charge is -2.36. The molecule has 13 nitrogen and oxygen atoms in total. The van der Waals surface area contributed by atoms with Gasteiger partial charge in [0.15, 0.2) is 0 Å². The van der Waals surface area contributed by atoms with Crippen LogP contribution in [0.2, 0.25) is 0 Å². The molecule has 2 heterocycles. The molecule has 2 aromatic carbocycles. The summed E-state index contributed by atoms with van der Waals surface area (Å²) in [5.74, 6) is -2.13. The van der Waals surface area contributed by atoms with Crippen molar-refractivity contribution in [2.75, 3.05) is 19.0 Å². The molecule has 4 N–H and O–H groups in total. The van der Waals surface area contributed by atoms with Crippen LogP contribution in [0.4, 0.5) is 15.3 Å². The molecule has 1 saturated heterocycles. The lowest BCUT2D eigenvalue weighted by molar-refractivity contribution is -0.146. The third-order valence-electron chi connectivity index (χ3n) is 10.6. The molecule has 2 saturated carbocycles. The van der Waals surface area contributed by atoms with E-state index in [1.807, 2.05) is 42.5 Å².